The van der Waals surface area contributed by atoms with Crippen LogP contribution in [0.3, 0.4) is 0 Å². The molecule has 1 aliphatic heterocycles. The van der Waals surface area contributed by atoms with Crippen LogP contribution in [0.25, 0.3) is 6.08 Å². The normalized spacial score (nSPS) is 15.9. The number of carbonyl (C=O) groups is 2. The van der Waals surface area contributed by atoms with Crippen LogP contribution in [0.5, 0.6) is 0 Å². The number of aliphatic imine (C=N–C) groups is 1. The van der Waals surface area contributed by atoms with Crippen molar-refractivity contribution in [3.63, 3.8) is 0 Å². The van der Waals surface area contributed by atoms with E-state index < -0.39 is 11.9 Å². The lowest BCUT2D eigenvalue weighted by atomic mass is 10.0. The molecule has 3 rings (SSSR count). The largest absolute Gasteiger partial charge is 0.462 e. The molecule has 0 aromatic heterocycles. The minimum Gasteiger partial charge on any atom is -0.462 e. The van der Waals surface area contributed by atoms with Gasteiger partial charge in [0.15, 0.2) is 5.70 Å². The van der Waals surface area contributed by atoms with Gasteiger partial charge in [-0.25, -0.2) is 14.6 Å². The van der Waals surface area contributed by atoms with Crippen LogP contribution < -0.4 is 0 Å². The highest BCUT2D eigenvalue weighted by Gasteiger charge is 2.29. The monoisotopic (exact) mass is 361 g/mol. The quantitative estimate of drug-likeness (QED) is 0.598. The summed E-state index contributed by atoms with van der Waals surface area (Å²) in [6.07, 6.45) is 1.68. The second-order valence-electron chi connectivity index (χ2n) is 5.84. The van der Waals surface area contributed by atoms with Gasteiger partial charge in [-0.15, -0.1) is 0 Å². The molecule has 0 spiro atoms. The van der Waals surface area contributed by atoms with Crippen LogP contribution in [0.15, 0.2) is 82.5 Å². The summed E-state index contributed by atoms with van der Waals surface area (Å²) in [6.45, 7) is 3.63. The van der Waals surface area contributed by atoms with E-state index in [1.165, 1.54) is 0 Å². The van der Waals surface area contributed by atoms with Crippen LogP contribution in [0, 0.1) is 0 Å². The molecule has 0 unspecified atom stereocenters. The van der Waals surface area contributed by atoms with Crippen LogP contribution in [0.1, 0.15) is 25.0 Å². The first kappa shape index (κ1) is 18.3. The van der Waals surface area contributed by atoms with Crippen molar-refractivity contribution < 1.29 is 19.1 Å². The predicted octanol–water partition coefficient (Wildman–Crippen LogP) is 3.91. The van der Waals surface area contributed by atoms with E-state index >= 15 is 0 Å². The Labute approximate surface area is 157 Å². The molecule has 0 fully saturated rings. The van der Waals surface area contributed by atoms with E-state index in [9.17, 15) is 9.59 Å². The molecule has 0 bridgehead atoms. The van der Waals surface area contributed by atoms with Crippen molar-refractivity contribution in [1.29, 1.82) is 0 Å². The fourth-order valence-electron chi connectivity index (χ4n) is 2.62. The molecule has 1 heterocycles. The van der Waals surface area contributed by atoms with Gasteiger partial charge in [-0.1, -0.05) is 48.5 Å². The van der Waals surface area contributed by atoms with Gasteiger partial charge in [-0.3, -0.25) is 0 Å². The Balaban J connectivity index is 2.06. The van der Waals surface area contributed by atoms with Crippen molar-refractivity contribution in [2.45, 2.75) is 13.8 Å². The van der Waals surface area contributed by atoms with Crippen molar-refractivity contribution in [2.24, 2.45) is 4.99 Å². The van der Waals surface area contributed by atoms with Gasteiger partial charge in [0.1, 0.15) is 0 Å². The second-order valence-corrected chi connectivity index (χ2v) is 5.84. The highest BCUT2D eigenvalue weighted by atomic mass is 16.6. The summed E-state index contributed by atoms with van der Waals surface area (Å²) in [6, 6.07) is 18.5. The number of ether oxygens (including phenoxy) is 2. The third kappa shape index (κ3) is 4.20. The van der Waals surface area contributed by atoms with Crippen molar-refractivity contribution in [2.75, 3.05) is 6.61 Å². The SMILES string of the molecule is CCOC(=O)C(=C\c1ccccc1)/C(C)=C1\N=C(c2ccccc2)OC1=O. The number of cyclic esters (lactones) is 1. The fourth-order valence-corrected chi connectivity index (χ4v) is 2.62. The minimum absolute atomic E-state index is 0.101. The Morgan fingerprint density at radius 2 is 1.70 bits per heavy atom. The Hall–Kier alpha value is -3.47. The molecular formula is C22H19NO4. The summed E-state index contributed by atoms with van der Waals surface area (Å²) in [4.78, 5) is 29.2. The molecule has 0 atom stereocenters. The molecule has 0 N–H and O–H groups in total. The highest BCUT2D eigenvalue weighted by Crippen LogP contribution is 2.25. The zero-order chi connectivity index (χ0) is 19.2. The van der Waals surface area contributed by atoms with Gasteiger partial charge >= 0.3 is 11.9 Å². The zero-order valence-corrected chi connectivity index (χ0v) is 15.1. The van der Waals surface area contributed by atoms with Gasteiger partial charge < -0.3 is 9.47 Å². The first-order valence-corrected chi connectivity index (χ1v) is 8.61. The molecular weight excluding hydrogens is 342 g/mol. The summed E-state index contributed by atoms with van der Waals surface area (Å²) in [5.41, 5.74) is 2.29. The van der Waals surface area contributed by atoms with Gasteiger partial charge in [0.25, 0.3) is 0 Å². The number of hydrogen-bond donors (Lipinski definition) is 0. The smallest absolute Gasteiger partial charge is 0.364 e. The van der Waals surface area contributed by atoms with Crippen LogP contribution >= 0.6 is 0 Å². The molecule has 1 aliphatic rings. The van der Waals surface area contributed by atoms with Gasteiger partial charge in [0.2, 0.25) is 5.90 Å². The van der Waals surface area contributed by atoms with Crippen molar-refractivity contribution in [3.8, 4) is 0 Å². The van der Waals surface area contributed by atoms with Gasteiger partial charge in [0.05, 0.1) is 12.2 Å². The van der Waals surface area contributed by atoms with E-state index in [1.54, 1.807) is 32.1 Å². The number of benzene rings is 2. The average Bonchev–Trinajstić information content (AvgIpc) is 3.09. The molecule has 0 saturated carbocycles. The summed E-state index contributed by atoms with van der Waals surface area (Å²) in [7, 11) is 0. The summed E-state index contributed by atoms with van der Waals surface area (Å²) in [5.74, 6) is -0.880. The van der Waals surface area contributed by atoms with Crippen molar-refractivity contribution >= 4 is 23.9 Å². The molecule has 0 radical (unpaired) electrons. The number of esters is 2. The van der Waals surface area contributed by atoms with Crippen LogP contribution in [0.2, 0.25) is 0 Å². The average molecular weight is 361 g/mol. The molecule has 136 valence electrons. The maximum absolute atomic E-state index is 12.5. The minimum atomic E-state index is -0.588. The molecule has 2 aromatic carbocycles. The third-order valence-corrected chi connectivity index (χ3v) is 3.98. The first-order chi connectivity index (χ1) is 13.1. The van der Waals surface area contributed by atoms with E-state index in [1.807, 2.05) is 48.5 Å². The van der Waals surface area contributed by atoms with E-state index in [0.717, 1.165) is 5.56 Å². The number of carbonyl (C=O) groups excluding carboxylic acids is 2. The lowest BCUT2D eigenvalue weighted by Crippen LogP contribution is -2.11. The molecule has 0 amide bonds. The van der Waals surface area contributed by atoms with Gasteiger partial charge in [0, 0.05) is 5.56 Å². The third-order valence-electron chi connectivity index (χ3n) is 3.98. The fraction of sp³-hybridized carbons (Fsp3) is 0.136. The maximum Gasteiger partial charge on any atom is 0.364 e. The lowest BCUT2D eigenvalue weighted by molar-refractivity contribution is -0.138. The molecule has 0 aliphatic carbocycles. The summed E-state index contributed by atoms with van der Waals surface area (Å²) < 4.78 is 10.5. The molecule has 5 nitrogen and oxygen atoms in total. The summed E-state index contributed by atoms with van der Waals surface area (Å²) in [5, 5.41) is 0. The Bertz CT molecular complexity index is 941. The number of rotatable bonds is 5. The highest BCUT2D eigenvalue weighted by molar-refractivity contribution is 6.13. The molecule has 2 aromatic rings. The topological polar surface area (TPSA) is 65.0 Å². The Morgan fingerprint density at radius 3 is 2.33 bits per heavy atom. The predicted molar refractivity (Wildman–Crippen MR) is 103 cm³/mol. The maximum atomic E-state index is 12.5. The van der Waals surface area contributed by atoms with E-state index in [2.05, 4.69) is 4.99 Å². The standard InChI is InChI=1S/C22H19NO4/c1-3-26-21(24)18(14-16-10-6-4-7-11-16)15(2)19-22(25)27-20(23-19)17-12-8-5-9-13-17/h4-14H,3H2,1-2H3/b18-14-,19-15-. The molecule has 27 heavy (non-hydrogen) atoms. The molecule has 5 heteroatoms. The lowest BCUT2D eigenvalue weighted by Gasteiger charge is -2.08. The Morgan fingerprint density at radius 1 is 1.07 bits per heavy atom. The van der Waals surface area contributed by atoms with Gasteiger partial charge in [-0.2, -0.15) is 0 Å². The van der Waals surface area contributed by atoms with E-state index in [0.29, 0.717) is 11.1 Å². The van der Waals surface area contributed by atoms with Crippen LogP contribution in [-0.4, -0.2) is 24.4 Å². The van der Waals surface area contributed by atoms with Crippen molar-refractivity contribution in [1.82, 2.24) is 0 Å². The molecule has 0 saturated heterocycles. The van der Waals surface area contributed by atoms with Gasteiger partial charge in [-0.05, 0) is 43.2 Å². The number of nitrogens with zero attached hydrogens (tertiary/aromatic N) is 1. The van der Waals surface area contributed by atoms with E-state index in [-0.39, 0.29) is 23.8 Å². The van der Waals surface area contributed by atoms with Crippen LogP contribution in [-0.2, 0) is 19.1 Å². The first-order valence-electron chi connectivity index (χ1n) is 8.61. The van der Waals surface area contributed by atoms with Crippen LogP contribution in [0.4, 0.5) is 0 Å². The Kier molecular flexibility index (Phi) is 5.61. The number of hydrogen-bond acceptors (Lipinski definition) is 5. The second kappa shape index (κ2) is 8.27. The zero-order valence-electron chi connectivity index (χ0n) is 15.1. The summed E-state index contributed by atoms with van der Waals surface area (Å²) >= 11 is 0. The van der Waals surface area contributed by atoms with Crippen molar-refractivity contribution in [3.05, 3.63) is 88.6 Å². The van der Waals surface area contributed by atoms with E-state index in [4.69, 9.17) is 9.47 Å².